The maximum atomic E-state index is 12.0. The van der Waals surface area contributed by atoms with Crippen molar-refractivity contribution in [2.24, 2.45) is 5.92 Å². The van der Waals surface area contributed by atoms with E-state index in [4.69, 9.17) is 0 Å². The van der Waals surface area contributed by atoms with E-state index in [9.17, 15) is 4.79 Å². The molecule has 2 nitrogen and oxygen atoms in total. The minimum atomic E-state index is 0.262. The molecule has 2 rings (SSSR count). The maximum Gasteiger partial charge on any atom is 0.167 e. The van der Waals surface area contributed by atoms with Gasteiger partial charge < -0.3 is 0 Å². The third-order valence-electron chi connectivity index (χ3n) is 3.03. The number of Topliss-reactive ketones (excluding diaryl/α,β-unsaturated/α-hetero) is 1. The third kappa shape index (κ3) is 1.69. The Kier molecular flexibility index (Phi) is 2.62. The lowest BCUT2D eigenvalue weighted by atomic mass is 9.95. The van der Waals surface area contributed by atoms with E-state index >= 15 is 0 Å². The summed E-state index contributed by atoms with van der Waals surface area (Å²) in [5, 5.41) is 0. The van der Waals surface area contributed by atoms with E-state index in [1.807, 2.05) is 13.0 Å². The third-order valence-corrected chi connectivity index (χ3v) is 3.03. The number of aromatic nitrogens is 1. The second-order valence-electron chi connectivity index (χ2n) is 4.04. The molecule has 1 aromatic heterocycles. The average molecular weight is 189 g/mol. The molecule has 1 heterocycles. The second-order valence-corrected chi connectivity index (χ2v) is 4.04. The van der Waals surface area contributed by atoms with Crippen molar-refractivity contribution in [2.75, 3.05) is 0 Å². The zero-order chi connectivity index (χ0) is 9.97. The molecule has 0 bridgehead atoms. The lowest BCUT2D eigenvalue weighted by Gasteiger charge is -2.09. The van der Waals surface area contributed by atoms with Crippen molar-refractivity contribution in [3.8, 4) is 0 Å². The van der Waals surface area contributed by atoms with Crippen molar-refractivity contribution in [3.63, 3.8) is 0 Å². The van der Waals surface area contributed by atoms with E-state index in [2.05, 4.69) is 4.98 Å². The Balaban J connectivity index is 2.22. The predicted molar refractivity (Wildman–Crippen MR) is 55.3 cm³/mol. The van der Waals surface area contributed by atoms with Crippen LogP contribution in [-0.2, 0) is 0 Å². The van der Waals surface area contributed by atoms with Gasteiger partial charge >= 0.3 is 0 Å². The zero-order valence-corrected chi connectivity index (χ0v) is 8.49. The van der Waals surface area contributed by atoms with Crippen LogP contribution in [0.1, 0.15) is 41.6 Å². The molecule has 1 aromatic rings. The van der Waals surface area contributed by atoms with E-state index < -0.39 is 0 Å². The van der Waals surface area contributed by atoms with Gasteiger partial charge in [-0.3, -0.25) is 9.78 Å². The quantitative estimate of drug-likeness (QED) is 0.669. The van der Waals surface area contributed by atoms with E-state index in [0.717, 1.165) is 24.0 Å². The minimum absolute atomic E-state index is 0.262. The molecular weight excluding hydrogens is 174 g/mol. The molecule has 0 unspecified atom stereocenters. The van der Waals surface area contributed by atoms with Crippen LogP contribution in [0.5, 0.6) is 0 Å². The normalized spacial score (nSPS) is 17.2. The summed E-state index contributed by atoms with van der Waals surface area (Å²) < 4.78 is 0. The first kappa shape index (κ1) is 9.38. The molecular formula is C12H15NO. The van der Waals surface area contributed by atoms with Gasteiger partial charge in [0.25, 0.3) is 0 Å². The van der Waals surface area contributed by atoms with Crippen LogP contribution in [0.3, 0.4) is 0 Å². The summed E-state index contributed by atoms with van der Waals surface area (Å²) in [6.07, 6.45) is 7.97. The van der Waals surface area contributed by atoms with Gasteiger partial charge in [0.15, 0.2) is 5.78 Å². The topological polar surface area (TPSA) is 30.0 Å². The smallest absolute Gasteiger partial charge is 0.167 e. The van der Waals surface area contributed by atoms with Crippen LogP contribution in [0.2, 0.25) is 0 Å². The molecule has 1 aliphatic rings. The lowest BCUT2D eigenvalue weighted by molar-refractivity contribution is 0.0922. The summed E-state index contributed by atoms with van der Waals surface area (Å²) in [6.45, 7) is 1.98. The fraction of sp³-hybridized carbons (Fsp3) is 0.500. The first-order valence-corrected chi connectivity index (χ1v) is 5.24. The summed E-state index contributed by atoms with van der Waals surface area (Å²) >= 11 is 0. The summed E-state index contributed by atoms with van der Waals surface area (Å²) in [7, 11) is 0. The lowest BCUT2D eigenvalue weighted by Crippen LogP contribution is -2.12. The van der Waals surface area contributed by atoms with Crippen molar-refractivity contribution < 1.29 is 4.79 Å². The first-order valence-electron chi connectivity index (χ1n) is 5.24. The standard InChI is InChI=1S/C12H15NO/c1-9-6-7-13-8-11(9)12(14)10-4-2-3-5-10/h6-8,10H,2-5H2,1H3. The highest BCUT2D eigenvalue weighted by molar-refractivity contribution is 5.98. The van der Waals surface area contributed by atoms with Gasteiger partial charge in [0.1, 0.15) is 0 Å². The van der Waals surface area contributed by atoms with Gasteiger partial charge in [0.05, 0.1) is 0 Å². The molecule has 1 aliphatic carbocycles. The van der Waals surface area contributed by atoms with Gasteiger partial charge in [-0.05, 0) is 31.4 Å². The molecule has 1 fully saturated rings. The van der Waals surface area contributed by atoms with Crippen molar-refractivity contribution >= 4 is 5.78 Å². The molecule has 74 valence electrons. The summed E-state index contributed by atoms with van der Waals surface area (Å²) in [5.41, 5.74) is 1.87. The van der Waals surface area contributed by atoms with Crippen molar-refractivity contribution in [3.05, 3.63) is 29.6 Å². The van der Waals surface area contributed by atoms with Crippen LogP contribution >= 0.6 is 0 Å². The summed E-state index contributed by atoms with van der Waals surface area (Å²) in [6, 6.07) is 1.90. The molecule has 0 N–H and O–H groups in total. The predicted octanol–water partition coefficient (Wildman–Crippen LogP) is 2.76. The number of rotatable bonds is 2. The number of ketones is 1. The monoisotopic (exact) mass is 189 g/mol. The number of carbonyl (C=O) groups is 1. The minimum Gasteiger partial charge on any atom is -0.294 e. The Bertz CT molecular complexity index is 340. The van der Waals surface area contributed by atoms with E-state index in [1.165, 1.54) is 12.8 Å². The van der Waals surface area contributed by atoms with Crippen LogP contribution in [0, 0.1) is 12.8 Å². The Morgan fingerprint density at radius 1 is 1.43 bits per heavy atom. The number of carbonyl (C=O) groups excluding carboxylic acids is 1. The molecule has 2 heteroatoms. The Morgan fingerprint density at radius 2 is 2.14 bits per heavy atom. The molecule has 0 saturated heterocycles. The fourth-order valence-corrected chi connectivity index (χ4v) is 2.13. The van der Waals surface area contributed by atoms with Crippen LogP contribution in [-0.4, -0.2) is 10.8 Å². The SMILES string of the molecule is Cc1ccncc1C(=O)C1CCCC1. The molecule has 0 amide bonds. The van der Waals surface area contributed by atoms with E-state index in [0.29, 0.717) is 5.78 Å². The van der Waals surface area contributed by atoms with Crippen LogP contribution in [0.4, 0.5) is 0 Å². The van der Waals surface area contributed by atoms with Gasteiger partial charge in [-0.1, -0.05) is 12.8 Å². The number of pyridine rings is 1. The molecule has 0 radical (unpaired) electrons. The van der Waals surface area contributed by atoms with Gasteiger partial charge in [0, 0.05) is 23.9 Å². The highest BCUT2D eigenvalue weighted by atomic mass is 16.1. The van der Waals surface area contributed by atoms with E-state index in [-0.39, 0.29) is 5.92 Å². The maximum absolute atomic E-state index is 12.0. The van der Waals surface area contributed by atoms with Crippen LogP contribution in [0.15, 0.2) is 18.5 Å². The van der Waals surface area contributed by atoms with Crippen LogP contribution < -0.4 is 0 Å². The first-order chi connectivity index (χ1) is 6.79. The molecule has 0 spiro atoms. The largest absolute Gasteiger partial charge is 0.294 e. The molecule has 14 heavy (non-hydrogen) atoms. The number of nitrogens with zero attached hydrogens (tertiary/aromatic N) is 1. The van der Waals surface area contributed by atoms with Crippen molar-refractivity contribution in [1.82, 2.24) is 4.98 Å². The fourth-order valence-electron chi connectivity index (χ4n) is 2.13. The highest BCUT2D eigenvalue weighted by Gasteiger charge is 2.24. The van der Waals surface area contributed by atoms with Crippen molar-refractivity contribution in [2.45, 2.75) is 32.6 Å². The van der Waals surface area contributed by atoms with Gasteiger partial charge in [0.2, 0.25) is 0 Å². The molecule has 0 aromatic carbocycles. The zero-order valence-electron chi connectivity index (χ0n) is 8.49. The Hall–Kier alpha value is -1.18. The summed E-state index contributed by atoms with van der Waals surface area (Å²) in [5.74, 6) is 0.561. The molecule has 0 atom stereocenters. The average Bonchev–Trinajstić information content (AvgIpc) is 2.70. The molecule has 1 saturated carbocycles. The number of aryl methyl sites for hydroxylation is 1. The van der Waals surface area contributed by atoms with Crippen LogP contribution in [0.25, 0.3) is 0 Å². The molecule has 0 aliphatic heterocycles. The highest BCUT2D eigenvalue weighted by Crippen LogP contribution is 2.28. The number of hydrogen-bond acceptors (Lipinski definition) is 2. The van der Waals surface area contributed by atoms with Gasteiger partial charge in [-0.2, -0.15) is 0 Å². The van der Waals surface area contributed by atoms with E-state index in [1.54, 1.807) is 12.4 Å². The Labute approximate surface area is 84.4 Å². The second kappa shape index (κ2) is 3.91. The van der Waals surface area contributed by atoms with Gasteiger partial charge in [-0.15, -0.1) is 0 Å². The number of hydrogen-bond donors (Lipinski definition) is 0. The summed E-state index contributed by atoms with van der Waals surface area (Å²) in [4.78, 5) is 16.0. The van der Waals surface area contributed by atoms with Gasteiger partial charge in [-0.25, -0.2) is 0 Å². The Morgan fingerprint density at radius 3 is 2.79 bits per heavy atom. The van der Waals surface area contributed by atoms with Crippen molar-refractivity contribution in [1.29, 1.82) is 0 Å².